The van der Waals surface area contributed by atoms with Gasteiger partial charge in [0.15, 0.2) is 0 Å². The molecule has 0 aliphatic carbocycles. The molecule has 0 bridgehead atoms. The molecule has 13 heteroatoms. The monoisotopic (exact) mass is 844 g/mol. The van der Waals surface area contributed by atoms with Crippen LogP contribution in [0.1, 0.15) is 74.1 Å². The lowest BCUT2D eigenvalue weighted by molar-refractivity contribution is -0.132. The van der Waals surface area contributed by atoms with Gasteiger partial charge in [0.2, 0.25) is 5.91 Å². The van der Waals surface area contributed by atoms with Gasteiger partial charge in [-0.3, -0.25) is 14.4 Å². The zero-order valence-electron chi connectivity index (χ0n) is 32.1. The molecule has 2 aliphatic heterocycles. The first kappa shape index (κ1) is 46.2. The number of Topliss-reactive ketones (excluding diaryl/α,β-unsaturated/α-hetero) is 2. The number of likely N-dealkylation sites (tertiary alicyclic amines) is 1. The Bertz CT molecular complexity index is 1990. The van der Waals surface area contributed by atoms with E-state index < -0.39 is 29.2 Å². The number of ketones is 2. The first-order valence-electron chi connectivity index (χ1n) is 18.8. The molecule has 2 saturated heterocycles. The average molecular weight is 846 g/mol. The molecule has 6 rings (SSSR count). The van der Waals surface area contributed by atoms with Crippen LogP contribution in [0.3, 0.4) is 0 Å². The number of rotatable bonds is 12. The van der Waals surface area contributed by atoms with E-state index in [-0.39, 0.29) is 97.5 Å². The standard InChI is InChI=1S/C23H24ClF2NO3.C21H22ClF2NO2.CH4/c1-14(28)27-8-7-20(23-21(25)11-19(30-2)12-22(23)26)16(13-27)10-18(29)9-15-3-5-17(24)6-4-15;1-27-17-10-19(23)21(20(24)11-17)18-6-7-25-12-14(18)9-16(26)8-13-2-4-15(22)5-3-13;/h3-6,11-12,16,20H,7-10,13H2,1-2H3;2-5,10-11,14,18,25H,6-9,12H2,1H3;1H4/t16-,20-;14-,18-;/m11./s1. The largest absolute Gasteiger partial charge is 0.497 e. The summed E-state index contributed by atoms with van der Waals surface area (Å²) in [6.07, 6.45) is 1.85. The molecule has 0 unspecified atom stereocenters. The summed E-state index contributed by atoms with van der Waals surface area (Å²) in [4.78, 5) is 38.8. The Morgan fingerprint density at radius 2 is 1.10 bits per heavy atom. The van der Waals surface area contributed by atoms with Crippen molar-refractivity contribution in [3.8, 4) is 11.5 Å². The Labute approximate surface area is 348 Å². The number of benzene rings is 4. The molecule has 7 nitrogen and oxygen atoms in total. The molecular weight excluding hydrogens is 795 g/mol. The molecular formula is C45H50Cl2F4N2O5. The fraction of sp³-hybridized carbons (Fsp3) is 0.400. The number of methoxy groups -OCH3 is 2. The Morgan fingerprint density at radius 1 is 0.690 bits per heavy atom. The van der Waals surface area contributed by atoms with Gasteiger partial charge in [0, 0.05) is 91.1 Å². The second-order valence-corrected chi connectivity index (χ2v) is 15.5. The maximum absolute atomic E-state index is 14.7. The summed E-state index contributed by atoms with van der Waals surface area (Å²) in [5.41, 5.74) is 1.72. The van der Waals surface area contributed by atoms with Crippen LogP contribution >= 0.6 is 23.2 Å². The third kappa shape index (κ3) is 12.3. The highest BCUT2D eigenvalue weighted by Gasteiger charge is 2.36. The van der Waals surface area contributed by atoms with Crippen LogP contribution in [-0.4, -0.2) is 62.8 Å². The first-order valence-corrected chi connectivity index (χ1v) is 19.6. The fourth-order valence-corrected chi connectivity index (χ4v) is 8.13. The predicted octanol–water partition coefficient (Wildman–Crippen LogP) is 9.94. The molecule has 2 heterocycles. The number of hydrogen-bond donors (Lipinski definition) is 1. The summed E-state index contributed by atoms with van der Waals surface area (Å²) in [7, 11) is 2.72. The minimum absolute atomic E-state index is 0. The van der Waals surface area contributed by atoms with Gasteiger partial charge in [-0.2, -0.15) is 0 Å². The second-order valence-electron chi connectivity index (χ2n) is 14.6. The Balaban J connectivity index is 0.000000254. The van der Waals surface area contributed by atoms with Gasteiger partial charge in [-0.15, -0.1) is 0 Å². The maximum Gasteiger partial charge on any atom is 0.219 e. The van der Waals surface area contributed by atoms with Gasteiger partial charge in [-0.05, 0) is 85.0 Å². The number of carbonyl (C=O) groups excluding carboxylic acids is 3. The van der Waals surface area contributed by atoms with Crippen molar-refractivity contribution in [2.24, 2.45) is 11.8 Å². The van der Waals surface area contributed by atoms with Crippen LogP contribution in [0.2, 0.25) is 10.0 Å². The van der Waals surface area contributed by atoms with Gasteiger partial charge in [0.1, 0.15) is 46.3 Å². The average Bonchev–Trinajstić information content (AvgIpc) is 3.17. The fourth-order valence-electron chi connectivity index (χ4n) is 7.88. The summed E-state index contributed by atoms with van der Waals surface area (Å²) < 4.78 is 68.4. The zero-order chi connectivity index (χ0) is 41.2. The van der Waals surface area contributed by atoms with Crippen molar-refractivity contribution >= 4 is 40.7 Å². The quantitative estimate of drug-likeness (QED) is 0.143. The molecule has 4 aromatic carbocycles. The summed E-state index contributed by atoms with van der Waals surface area (Å²) in [5.74, 6) is -3.85. The SMILES string of the molecule is C.COc1cc(F)c([C@@H]2CCN(C(C)=O)C[C@H]2CC(=O)Cc2ccc(Cl)cc2)c(F)c1.COc1cc(F)c([C@@H]2CCNC[C@H]2CC(=O)Cc2ccc(Cl)cc2)c(F)c1. The molecule has 312 valence electrons. The summed E-state index contributed by atoms with van der Waals surface area (Å²) in [6.45, 7) is 3.37. The molecule has 4 aromatic rings. The van der Waals surface area contributed by atoms with E-state index in [2.05, 4.69) is 5.32 Å². The smallest absolute Gasteiger partial charge is 0.219 e. The van der Waals surface area contributed by atoms with Crippen molar-refractivity contribution in [1.29, 1.82) is 0 Å². The lowest BCUT2D eigenvalue weighted by atomic mass is 9.77. The lowest BCUT2D eigenvalue weighted by Gasteiger charge is -2.38. The number of amides is 1. The molecule has 1 amide bonds. The molecule has 0 aromatic heterocycles. The minimum atomic E-state index is -0.691. The van der Waals surface area contributed by atoms with Crippen LogP contribution in [0.25, 0.3) is 0 Å². The van der Waals surface area contributed by atoms with Crippen LogP contribution in [0.15, 0.2) is 72.8 Å². The van der Waals surface area contributed by atoms with Crippen molar-refractivity contribution in [3.63, 3.8) is 0 Å². The number of nitrogens with one attached hydrogen (secondary N) is 1. The van der Waals surface area contributed by atoms with Crippen molar-refractivity contribution in [2.75, 3.05) is 40.4 Å². The van der Waals surface area contributed by atoms with E-state index in [9.17, 15) is 31.9 Å². The highest BCUT2D eigenvalue weighted by Crippen LogP contribution is 2.40. The highest BCUT2D eigenvalue weighted by atomic mass is 35.5. The molecule has 58 heavy (non-hydrogen) atoms. The number of hydrogen-bond acceptors (Lipinski definition) is 6. The van der Waals surface area contributed by atoms with Crippen LogP contribution in [0.5, 0.6) is 11.5 Å². The van der Waals surface area contributed by atoms with Crippen molar-refractivity contribution in [1.82, 2.24) is 10.2 Å². The Kier molecular flexibility index (Phi) is 17.2. The maximum atomic E-state index is 14.7. The predicted molar refractivity (Wildman–Crippen MR) is 219 cm³/mol. The second kappa shape index (κ2) is 21.5. The number of halogens is 6. The van der Waals surface area contributed by atoms with Gasteiger partial charge in [-0.25, -0.2) is 17.6 Å². The summed E-state index contributed by atoms with van der Waals surface area (Å²) in [6, 6.07) is 18.8. The minimum Gasteiger partial charge on any atom is -0.497 e. The number of ether oxygens (including phenoxy) is 2. The van der Waals surface area contributed by atoms with E-state index in [0.29, 0.717) is 42.5 Å². The van der Waals surface area contributed by atoms with Crippen LogP contribution in [0, 0.1) is 35.1 Å². The third-order valence-corrected chi connectivity index (χ3v) is 11.2. The summed E-state index contributed by atoms with van der Waals surface area (Å²) >= 11 is 11.8. The van der Waals surface area contributed by atoms with Gasteiger partial charge >= 0.3 is 0 Å². The molecule has 0 saturated carbocycles. The molecule has 2 aliphatic rings. The van der Waals surface area contributed by atoms with Gasteiger partial charge in [0.05, 0.1) is 14.2 Å². The molecule has 1 N–H and O–H groups in total. The van der Waals surface area contributed by atoms with Crippen molar-refractivity contribution < 1.29 is 41.4 Å². The number of piperidine rings is 2. The van der Waals surface area contributed by atoms with Crippen LogP contribution in [-0.2, 0) is 27.2 Å². The van der Waals surface area contributed by atoms with E-state index in [4.69, 9.17) is 32.7 Å². The number of carbonyl (C=O) groups is 3. The van der Waals surface area contributed by atoms with E-state index in [1.54, 1.807) is 41.3 Å². The molecule has 0 radical (unpaired) electrons. The van der Waals surface area contributed by atoms with Crippen molar-refractivity contribution in [2.45, 2.75) is 64.7 Å². The van der Waals surface area contributed by atoms with Crippen molar-refractivity contribution in [3.05, 3.63) is 128 Å². The third-order valence-electron chi connectivity index (χ3n) is 10.7. The van der Waals surface area contributed by atoms with Gasteiger partial charge < -0.3 is 19.7 Å². The molecule has 4 atom stereocenters. The summed E-state index contributed by atoms with van der Waals surface area (Å²) in [5, 5.41) is 4.44. The first-order chi connectivity index (χ1) is 27.3. The van der Waals surface area contributed by atoms with E-state index in [0.717, 1.165) is 23.3 Å². The molecule has 0 spiro atoms. The topological polar surface area (TPSA) is 84.9 Å². The van der Waals surface area contributed by atoms with Crippen LogP contribution in [0.4, 0.5) is 17.6 Å². The highest BCUT2D eigenvalue weighted by molar-refractivity contribution is 6.30. The number of nitrogens with zero attached hydrogens (tertiary/aromatic N) is 1. The van der Waals surface area contributed by atoms with E-state index in [1.807, 2.05) is 12.1 Å². The zero-order valence-corrected chi connectivity index (χ0v) is 33.6. The van der Waals surface area contributed by atoms with E-state index in [1.165, 1.54) is 33.3 Å². The van der Waals surface area contributed by atoms with Gasteiger partial charge in [0.25, 0.3) is 0 Å². The van der Waals surface area contributed by atoms with E-state index >= 15 is 0 Å². The Hall–Kier alpha value is -4.45. The molecule has 2 fully saturated rings. The van der Waals surface area contributed by atoms with Crippen LogP contribution < -0.4 is 14.8 Å². The normalized spacial score (nSPS) is 18.9. The lowest BCUT2D eigenvalue weighted by Crippen LogP contribution is -2.43. The van der Waals surface area contributed by atoms with Gasteiger partial charge in [-0.1, -0.05) is 54.9 Å². The Morgan fingerprint density at radius 3 is 1.52 bits per heavy atom.